The van der Waals surface area contributed by atoms with Crippen LogP contribution >= 0.6 is 0 Å². The zero-order valence-electron chi connectivity index (χ0n) is 24.8. The molecule has 1 atom stereocenters. The predicted octanol–water partition coefficient (Wildman–Crippen LogP) is 5.18. The van der Waals surface area contributed by atoms with E-state index in [0.29, 0.717) is 24.3 Å². The molecule has 0 bridgehead atoms. The highest BCUT2D eigenvalue weighted by Crippen LogP contribution is 2.28. The lowest BCUT2D eigenvalue weighted by atomic mass is 10.1. The van der Waals surface area contributed by atoms with Crippen LogP contribution in [0, 0.1) is 0 Å². The summed E-state index contributed by atoms with van der Waals surface area (Å²) in [5.74, 6) is -0.177. The van der Waals surface area contributed by atoms with Gasteiger partial charge in [0.05, 0.1) is 17.7 Å². The molecule has 0 aliphatic rings. The first-order chi connectivity index (χ1) is 19.4. The lowest BCUT2D eigenvalue weighted by Crippen LogP contribution is -2.55. The van der Waals surface area contributed by atoms with Gasteiger partial charge in [0.1, 0.15) is 18.3 Å². The molecule has 8 nitrogen and oxygen atoms in total. The summed E-state index contributed by atoms with van der Waals surface area (Å²) in [5.41, 5.74) is 1.46. The summed E-state index contributed by atoms with van der Waals surface area (Å²) >= 11 is 0. The summed E-state index contributed by atoms with van der Waals surface area (Å²) in [6.07, 6.45) is 0.916. The largest absolute Gasteiger partial charge is 0.497 e. The zero-order chi connectivity index (χ0) is 30.2. The molecule has 0 aliphatic heterocycles. The number of hydrogen-bond acceptors (Lipinski definition) is 5. The number of amides is 2. The van der Waals surface area contributed by atoms with Gasteiger partial charge in [-0.2, -0.15) is 0 Å². The van der Waals surface area contributed by atoms with Crippen LogP contribution in [0.15, 0.2) is 83.8 Å². The van der Waals surface area contributed by atoms with Crippen molar-refractivity contribution < 1.29 is 22.7 Å². The van der Waals surface area contributed by atoms with Crippen molar-refractivity contribution in [3.8, 4) is 5.75 Å². The van der Waals surface area contributed by atoms with E-state index in [0.717, 1.165) is 15.4 Å². The normalized spacial score (nSPS) is 12.3. The predicted molar refractivity (Wildman–Crippen MR) is 162 cm³/mol. The molecule has 3 aromatic rings. The van der Waals surface area contributed by atoms with Crippen LogP contribution in [0.3, 0.4) is 0 Å². The van der Waals surface area contributed by atoms with E-state index in [9.17, 15) is 18.0 Å². The lowest BCUT2D eigenvalue weighted by Gasteiger charge is -2.35. The number of benzene rings is 3. The van der Waals surface area contributed by atoms with Crippen molar-refractivity contribution in [1.29, 1.82) is 0 Å². The molecule has 41 heavy (non-hydrogen) atoms. The van der Waals surface area contributed by atoms with Crippen LogP contribution in [0.4, 0.5) is 5.69 Å². The van der Waals surface area contributed by atoms with Crippen LogP contribution in [0.5, 0.6) is 5.75 Å². The number of anilines is 1. The molecular weight excluding hydrogens is 538 g/mol. The minimum Gasteiger partial charge on any atom is -0.497 e. The molecule has 0 unspecified atom stereocenters. The topological polar surface area (TPSA) is 96.0 Å². The molecule has 0 fully saturated rings. The third-order valence-electron chi connectivity index (χ3n) is 6.62. The van der Waals surface area contributed by atoms with Crippen molar-refractivity contribution in [3.05, 3.63) is 90.0 Å². The molecule has 2 amide bonds. The number of hydrogen-bond donors (Lipinski definition) is 1. The van der Waals surface area contributed by atoms with E-state index >= 15 is 0 Å². The SMILES string of the molecule is CCc1ccccc1N(CC(=O)N(Cc1cccc(OC)c1)[C@@H](CC)C(=O)NC(C)(C)C)S(=O)(=O)c1ccccc1. The monoisotopic (exact) mass is 579 g/mol. The lowest BCUT2D eigenvalue weighted by molar-refractivity contribution is -0.141. The number of sulfonamides is 1. The van der Waals surface area contributed by atoms with Crippen molar-refractivity contribution in [2.75, 3.05) is 18.0 Å². The molecule has 1 N–H and O–H groups in total. The minimum absolute atomic E-state index is 0.0792. The Labute approximate surface area is 244 Å². The van der Waals surface area contributed by atoms with Crippen LogP contribution in [0.1, 0.15) is 52.2 Å². The van der Waals surface area contributed by atoms with E-state index in [-0.39, 0.29) is 17.3 Å². The van der Waals surface area contributed by atoms with E-state index in [1.807, 2.05) is 58.9 Å². The summed E-state index contributed by atoms with van der Waals surface area (Å²) in [6, 6.07) is 21.7. The van der Waals surface area contributed by atoms with Gasteiger partial charge in [0.15, 0.2) is 0 Å². The summed E-state index contributed by atoms with van der Waals surface area (Å²) in [5, 5.41) is 2.98. The number of carbonyl (C=O) groups excluding carboxylic acids is 2. The quantitative estimate of drug-likeness (QED) is 0.319. The highest BCUT2D eigenvalue weighted by Gasteiger charge is 2.35. The fourth-order valence-electron chi connectivity index (χ4n) is 4.63. The molecule has 0 heterocycles. The second kappa shape index (κ2) is 13.7. The number of nitrogens with one attached hydrogen (secondary N) is 1. The van der Waals surface area contributed by atoms with Crippen molar-refractivity contribution >= 4 is 27.5 Å². The zero-order valence-corrected chi connectivity index (χ0v) is 25.6. The average Bonchev–Trinajstić information content (AvgIpc) is 2.95. The number of para-hydroxylation sites is 1. The van der Waals surface area contributed by atoms with Crippen molar-refractivity contribution in [2.24, 2.45) is 0 Å². The third kappa shape index (κ3) is 8.10. The van der Waals surface area contributed by atoms with Crippen molar-refractivity contribution in [3.63, 3.8) is 0 Å². The van der Waals surface area contributed by atoms with Crippen LogP contribution in [-0.2, 0) is 32.6 Å². The van der Waals surface area contributed by atoms with E-state index < -0.39 is 34.1 Å². The molecule has 3 rings (SSSR count). The number of carbonyl (C=O) groups is 2. The maximum atomic E-state index is 14.2. The van der Waals surface area contributed by atoms with E-state index in [2.05, 4.69) is 5.32 Å². The Bertz CT molecular complexity index is 1430. The molecule has 0 saturated carbocycles. The summed E-state index contributed by atoms with van der Waals surface area (Å²) in [4.78, 5) is 29.3. The Morgan fingerprint density at radius 2 is 1.59 bits per heavy atom. The van der Waals surface area contributed by atoms with Crippen LogP contribution < -0.4 is 14.4 Å². The van der Waals surface area contributed by atoms with Crippen molar-refractivity contribution in [1.82, 2.24) is 10.2 Å². The molecule has 9 heteroatoms. The first-order valence-electron chi connectivity index (χ1n) is 13.8. The molecule has 0 saturated heterocycles. The first-order valence-corrected chi connectivity index (χ1v) is 15.2. The van der Waals surface area contributed by atoms with Gasteiger partial charge < -0.3 is 15.0 Å². The Balaban J connectivity index is 2.11. The fraction of sp³-hybridized carbons (Fsp3) is 0.375. The van der Waals surface area contributed by atoms with Gasteiger partial charge in [0.25, 0.3) is 10.0 Å². The number of nitrogens with zero attached hydrogens (tertiary/aromatic N) is 2. The van der Waals surface area contributed by atoms with Gasteiger partial charge in [-0.1, -0.05) is 62.4 Å². The molecular formula is C32H41N3O5S. The van der Waals surface area contributed by atoms with E-state index in [4.69, 9.17) is 4.74 Å². The number of rotatable bonds is 12. The second-order valence-electron chi connectivity index (χ2n) is 10.8. The smallest absolute Gasteiger partial charge is 0.264 e. The van der Waals surface area contributed by atoms with Crippen molar-refractivity contribution in [2.45, 2.75) is 70.5 Å². The molecule has 0 radical (unpaired) electrons. The highest BCUT2D eigenvalue weighted by atomic mass is 32.2. The van der Waals surface area contributed by atoms with Gasteiger partial charge in [-0.05, 0) is 75.1 Å². The standard InChI is InChI=1S/C32H41N3O5S/c1-7-25-16-12-13-20-29(25)35(41(38,39)27-18-10-9-11-19-27)23-30(36)34(22-24-15-14-17-26(21-24)40-6)28(8-2)31(37)33-32(3,4)5/h9-21,28H,7-8,22-23H2,1-6H3,(H,33,37)/t28-/m0/s1. The van der Waals surface area contributed by atoms with Gasteiger partial charge >= 0.3 is 0 Å². The van der Waals surface area contributed by atoms with Gasteiger partial charge in [-0.25, -0.2) is 8.42 Å². The molecule has 0 aromatic heterocycles. The second-order valence-corrected chi connectivity index (χ2v) is 12.7. The molecule has 0 spiro atoms. The van der Waals surface area contributed by atoms with Gasteiger partial charge in [-0.3, -0.25) is 13.9 Å². The Hall–Kier alpha value is -3.85. The maximum Gasteiger partial charge on any atom is 0.264 e. The number of aryl methyl sites for hydroxylation is 1. The van der Waals surface area contributed by atoms with Gasteiger partial charge in [0, 0.05) is 12.1 Å². The van der Waals surface area contributed by atoms with E-state index in [1.54, 1.807) is 49.6 Å². The number of ether oxygens (including phenoxy) is 1. The van der Waals surface area contributed by atoms with Gasteiger partial charge in [0.2, 0.25) is 11.8 Å². The van der Waals surface area contributed by atoms with Crippen LogP contribution in [0.2, 0.25) is 0 Å². The molecule has 0 aliphatic carbocycles. The Kier molecular flexibility index (Phi) is 10.6. The fourth-order valence-corrected chi connectivity index (χ4v) is 6.10. The highest BCUT2D eigenvalue weighted by molar-refractivity contribution is 7.92. The number of methoxy groups -OCH3 is 1. The average molecular weight is 580 g/mol. The first kappa shape index (κ1) is 31.7. The summed E-state index contributed by atoms with van der Waals surface area (Å²) in [7, 11) is -2.55. The maximum absolute atomic E-state index is 14.2. The Morgan fingerprint density at radius 3 is 2.20 bits per heavy atom. The minimum atomic E-state index is -4.12. The van der Waals surface area contributed by atoms with Crippen LogP contribution in [0.25, 0.3) is 0 Å². The van der Waals surface area contributed by atoms with E-state index in [1.165, 1.54) is 17.0 Å². The molecule has 220 valence electrons. The van der Waals surface area contributed by atoms with Crippen LogP contribution in [-0.4, -0.2) is 50.4 Å². The van der Waals surface area contributed by atoms with Gasteiger partial charge in [-0.15, -0.1) is 0 Å². The molecule has 3 aromatic carbocycles. The third-order valence-corrected chi connectivity index (χ3v) is 8.40. The summed E-state index contributed by atoms with van der Waals surface area (Å²) < 4.78 is 34.6. The summed E-state index contributed by atoms with van der Waals surface area (Å²) in [6.45, 7) is 9.03. The Morgan fingerprint density at radius 1 is 0.927 bits per heavy atom.